The van der Waals surface area contributed by atoms with Crippen molar-refractivity contribution >= 4 is 0 Å². The maximum atomic E-state index is 3.53. The molecule has 2 atom stereocenters. The zero-order valence-corrected chi connectivity index (χ0v) is 6.82. The predicted octanol–water partition coefficient (Wildman–Crippen LogP) is 1.79. The molecule has 1 saturated carbocycles. The van der Waals surface area contributed by atoms with Crippen LogP contribution < -0.4 is 5.32 Å². The van der Waals surface area contributed by atoms with E-state index in [1.54, 1.807) is 0 Å². The van der Waals surface area contributed by atoms with Gasteiger partial charge in [-0.3, -0.25) is 0 Å². The molecular formula is C9H17N. The van der Waals surface area contributed by atoms with Gasteiger partial charge in [-0.1, -0.05) is 13.3 Å². The fourth-order valence-electron chi connectivity index (χ4n) is 2.30. The van der Waals surface area contributed by atoms with E-state index in [0.717, 1.165) is 11.3 Å². The Balaban J connectivity index is 1.95. The molecular weight excluding hydrogens is 122 g/mol. The molecule has 2 aliphatic rings. The van der Waals surface area contributed by atoms with Crippen molar-refractivity contribution in [2.45, 2.75) is 32.6 Å². The Kier molecular flexibility index (Phi) is 1.48. The van der Waals surface area contributed by atoms with Crippen LogP contribution in [-0.2, 0) is 0 Å². The Morgan fingerprint density at radius 2 is 2.20 bits per heavy atom. The molecule has 58 valence electrons. The lowest BCUT2D eigenvalue weighted by atomic mass is 9.98. The molecule has 1 aliphatic carbocycles. The second kappa shape index (κ2) is 2.23. The standard InChI is InChI=1S/C9H17N/c1-8-6-9(8)4-2-3-5-10-7-9/h8,10H,2-7H2,1H3. The Hall–Kier alpha value is -0.0400. The van der Waals surface area contributed by atoms with Gasteiger partial charge in [0.1, 0.15) is 0 Å². The van der Waals surface area contributed by atoms with Gasteiger partial charge in [0, 0.05) is 6.54 Å². The van der Waals surface area contributed by atoms with Crippen LogP contribution in [0.25, 0.3) is 0 Å². The van der Waals surface area contributed by atoms with E-state index in [1.165, 1.54) is 38.8 Å². The molecule has 1 spiro atoms. The fraction of sp³-hybridized carbons (Fsp3) is 1.00. The van der Waals surface area contributed by atoms with Gasteiger partial charge in [0.05, 0.1) is 0 Å². The van der Waals surface area contributed by atoms with Gasteiger partial charge < -0.3 is 5.32 Å². The molecule has 0 radical (unpaired) electrons. The lowest BCUT2D eigenvalue weighted by molar-refractivity contribution is 0.424. The third kappa shape index (κ3) is 0.968. The van der Waals surface area contributed by atoms with E-state index in [2.05, 4.69) is 12.2 Å². The minimum atomic E-state index is 0.760. The highest BCUT2D eigenvalue weighted by molar-refractivity contribution is 5.01. The highest BCUT2D eigenvalue weighted by Crippen LogP contribution is 2.55. The summed E-state index contributed by atoms with van der Waals surface area (Å²) < 4.78 is 0. The van der Waals surface area contributed by atoms with Crippen molar-refractivity contribution in [1.29, 1.82) is 0 Å². The van der Waals surface area contributed by atoms with Crippen LogP contribution in [0.15, 0.2) is 0 Å². The van der Waals surface area contributed by atoms with Crippen molar-refractivity contribution in [3.8, 4) is 0 Å². The smallest absolute Gasteiger partial charge is 0.00105 e. The average molecular weight is 139 g/mol. The van der Waals surface area contributed by atoms with Crippen LogP contribution in [0.3, 0.4) is 0 Å². The predicted molar refractivity (Wildman–Crippen MR) is 42.9 cm³/mol. The summed E-state index contributed by atoms with van der Waals surface area (Å²) >= 11 is 0. The Labute approximate surface area is 63.2 Å². The van der Waals surface area contributed by atoms with Crippen molar-refractivity contribution in [2.75, 3.05) is 13.1 Å². The van der Waals surface area contributed by atoms with Crippen LogP contribution in [0.5, 0.6) is 0 Å². The third-order valence-corrected chi connectivity index (χ3v) is 3.35. The summed E-state index contributed by atoms with van der Waals surface area (Å²) in [4.78, 5) is 0. The van der Waals surface area contributed by atoms with Gasteiger partial charge in [-0.2, -0.15) is 0 Å². The van der Waals surface area contributed by atoms with Gasteiger partial charge in [-0.05, 0) is 37.1 Å². The first-order chi connectivity index (χ1) is 4.83. The van der Waals surface area contributed by atoms with Gasteiger partial charge in [0.25, 0.3) is 0 Å². The molecule has 10 heavy (non-hydrogen) atoms. The largest absolute Gasteiger partial charge is 0.316 e. The molecule has 1 aliphatic heterocycles. The SMILES string of the molecule is CC1CC12CCCCNC2. The van der Waals surface area contributed by atoms with Crippen LogP contribution in [-0.4, -0.2) is 13.1 Å². The van der Waals surface area contributed by atoms with E-state index in [0.29, 0.717) is 0 Å². The number of hydrogen-bond acceptors (Lipinski definition) is 1. The molecule has 1 N–H and O–H groups in total. The van der Waals surface area contributed by atoms with Crippen LogP contribution in [0.2, 0.25) is 0 Å². The highest BCUT2D eigenvalue weighted by Gasteiger charge is 2.49. The summed E-state index contributed by atoms with van der Waals surface area (Å²) in [7, 11) is 0. The van der Waals surface area contributed by atoms with Gasteiger partial charge in [0.15, 0.2) is 0 Å². The molecule has 2 fully saturated rings. The molecule has 0 aromatic rings. The molecule has 1 heterocycles. The molecule has 1 heteroatoms. The summed E-state index contributed by atoms with van der Waals surface area (Å²) in [5, 5.41) is 3.53. The Morgan fingerprint density at radius 1 is 1.40 bits per heavy atom. The molecule has 1 nitrogen and oxygen atoms in total. The first kappa shape index (κ1) is 6.66. The first-order valence-corrected chi connectivity index (χ1v) is 4.54. The maximum absolute atomic E-state index is 3.53. The van der Waals surface area contributed by atoms with Gasteiger partial charge in [0.2, 0.25) is 0 Å². The topological polar surface area (TPSA) is 12.0 Å². The normalized spacial score (nSPS) is 47.1. The summed E-state index contributed by atoms with van der Waals surface area (Å²) in [5.41, 5.74) is 0.760. The molecule has 0 amide bonds. The van der Waals surface area contributed by atoms with Crippen LogP contribution >= 0.6 is 0 Å². The molecule has 0 bridgehead atoms. The van der Waals surface area contributed by atoms with Crippen LogP contribution in [0, 0.1) is 11.3 Å². The monoisotopic (exact) mass is 139 g/mol. The van der Waals surface area contributed by atoms with E-state index in [1.807, 2.05) is 0 Å². The maximum Gasteiger partial charge on any atom is 0.00105 e. The van der Waals surface area contributed by atoms with Crippen molar-refractivity contribution in [3.05, 3.63) is 0 Å². The molecule has 0 aromatic heterocycles. The second-order valence-electron chi connectivity index (χ2n) is 4.10. The molecule has 2 unspecified atom stereocenters. The quantitative estimate of drug-likeness (QED) is 0.539. The Morgan fingerprint density at radius 3 is 2.90 bits per heavy atom. The third-order valence-electron chi connectivity index (χ3n) is 3.35. The zero-order chi connectivity index (χ0) is 7.03. The van der Waals surface area contributed by atoms with Crippen molar-refractivity contribution < 1.29 is 0 Å². The lowest BCUT2D eigenvalue weighted by Crippen LogP contribution is -2.22. The summed E-state index contributed by atoms with van der Waals surface area (Å²) in [5.74, 6) is 1.01. The highest BCUT2D eigenvalue weighted by atomic mass is 14.9. The van der Waals surface area contributed by atoms with E-state index in [9.17, 15) is 0 Å². The van der Waals surface area contributed by atoms with Gasteiger partial charge >= 0.3 is 0 Å². The number of rotatable bonds is 0. The van der Waals surface area contributed by atoms with Crippen molar-refractivity contribution in [2.24, 2.45) is 11.3 Å². The Bertz CT molecular complexity index is 123. The van der Waals surface area contributed by atoms with Crippen LogP contribution in [0.4, 0.5) is 0 Å². The zero-order valence-electron chi connectivity index (χ0n) is 6.82. The fourth-order valence-corrected chi connectivity index (χ4v) is 2.30. The summed E-state index contributed by atoms with van der Waals surface area (Å²) in [6.45, 7) is 4.95. The second-order valence-corrected chi connectivity index (χ2v) is 4.10. The molecule has 0 aromatic carbocycles. The van der Waals surface area contributed by atoms with E-state index in [4.69, 9.17) is 0 Å². The average Bonchev–Trinajstić information content (AvgIpc) is 2.60. The van der Waals surface area contributed by atoms with Gasteiger partial charge in [-0.25, -0.2) is 0 Å². The van der Waals surface area contributed by atoms with E-state index < -0.39 is 0 Å². The minimum absolute atomic E-state index is 0.760. The molecule has 2 rings (SSSR count). The number of hydrogen-bond donors (Lipinski definition) is 1. The van der Waals surface area contributed by atoms with E-state index >= 15 is 0 Å². The minimum Gasteiger partial charge on any atom is -0.316 e. The number of nitrogens with one attached hydrogen (secondary N) is 1. The van der Waals surface area contributed by atoms with Gasteiger partial charge in [-0.15, -0.1) is 0 Å². The first-order valence-electron chi connectivity index (χ1n) is 4.54. The molecule has 1 saturated heterocycles. The van der Waals surface area contributed by atoms with E-state index in [-0.39, 0.29) is 0 Å². The van der Waals surface area contributed by atoms with Crippen LogP contribution in [0.1, 0.15) is 32.6 Å². The summed E-state index contributed by atoms with van der Waals surface area (Å²) in [6.07, 6.45) is 5.83. The lowest BCUT2D eigenvalue weighted by Gasteiger charge is -2.11. The van der Waals surface area contributed by atoms with Crippen molar-refractivity contribution in [1.82, 2.24) is 5.32 Å². The summed E-state index contributed by atoms with van der Waals surface area (Å²) in [6, 6.07) is 0. The van der Waals surface area contributed by atoms with Crippen molar-refractivity contribution in [3.63, 3.8) is 0 Å².